The van der Waals surface area contributed by atoms with Crippen molar-refractivity contribution in [3.63, 3.8) is 0 Å². The van der Waals surface area contributed by atoms with Crippen molar-refractivity contribution in [2.75, 3.05) is 18.0 Å². The maximum absolute atomic E-state index is 15.4. The molecule has 0 spiro atoms. The number of aryl methyl sites for hydroxylation is 1. The zero-order valence-corrected chi connectivity index (χ0v) is 19.8. The Labute approximate surface area is 197 Å². The number of carbonyl (C=O) groups is 2. The van der Waals surface area contributed by atoms with E-state index in [-0.39, 0.29) is 23.1 Å². The molecule has 2 aliphatic rings. The van der Waals surface area contributed by atoms with Gasteiger partial charge in [-0.15, -0.1) is 0 Å². The van der Waals surface area contributed by atoms with Crippen molar-refractivity contribution in [3.8, 4) is 0 Å². The zero-order chi connectivity index (χ0) is 24.7. The number of aromatic nitrogens is 1. The van der Waals surface area contributed by atoms with Crippen LogP contribution in [0.25, 0.3) is 10.9 Å². The predicted molar refractivity (Wildman–Crippen MR) is 127 cm³/mol. The molecular weight excluding hydrogens is 441 g/mol. The molecular formula is C25H32FN3O5. The molecule has 4 rings (SSSR count). The van der Waals surface area contributed by atoms with Crippen molar-refractivity contribution in [1.82, 2.24) is 4.57 Å². The van der Waals surface area contributed by atoms with Gasteiger partial charge >= 0.3 is 11.9 Å². The number of piperidine rings is 1. The highest BCUT2D eigenvalue weighted by atomic mass is 19.1. The van der Waals surface area contributed by atoms with Crippen LogP contribution in [0.2, 0.25) is 0 Å². The minimum Gasteiger partial charge on any atom is -0.477 e. The molecule has 2 aromatic rings. The van der Waals surface area contributed by atoms with E-state index in [1.807, 2.05) is 25.7 Å². The second-order valence-electron chi connectivity index (χ2n) is 9.91. The molecule has 9 heteroatoms. The van der Waals surface area contributed by atoms with Gasteiger partial charge in [-0.25, -0.2) is 9.18 Å². The number of ether oxygens (including phenoxy) is 1. The standard InChI is InChI=1S/C25H32FN3O5/c1-13(2)10-20(27)25(33)34-15-6-8-28(9-7-15)22-16-5-4-14(3)29-12-18(24(31)32)23(30)17(21(16)29)11-19(22)26/h11-15,20H,4-10,27H2,1-3H3,(H,31,32). The Morgan fingerprint density at radius 1 is 1.26 bits per heavy atom. The van der Waals surface area contributed by atoms with E-state index >= 15 is 4.39 Å². The largest absolute Gasteiger partial charge is 0.477 e. The average Bonchev–Trinajstić information content (AvgIpc) is 2.77. The van der Waals surface area contributed by atoms with Crippen LogP contribution in [0.5, 0.6) is 0 Å². The monoisotopic (exact) mass is 473 g/mol. The van der Waals surface area contributed by atoms with Crippen LogP contribution in [0.15, 0.2) is 17.1 Å². The molecule has 3 heterocycles. The molecule has 184 valence electrons. The summed E-state index contributed by atoms with van der Waals surface area (Å²) in [6.45, 7) is 6.96. The second kappa shape index (κ2) is 9.37. The fraction of sp³-hybridized carbons (Fsp3) is 0.560. The maximum atomic E-state index is 15.4. The Morgan fingerprint density at radius 2 is 1.94 bits per heavy atom. The molecule has 1 saturated heterocycles. The maximum Gasteiger partial charge on any atom is 0.341 e. The molecule has 1 aromatic carbocycles. The van der Waals surface area contributed by atoms with Gasteiger partial charge in [-0.2, -0.15) is 0 Å². The number of rotatable bonds is 6. The molecule has 0 saturated carbocycles. The average molecular weight is 474 g/mol. The Hall–Kier alpha value is -2.94. The summed E-state index contributed by atoms with van der Waals surface area (Å²) in [5.74, 6) is -1.95. The normalized spacial score (nSPS) is 19.5. The first kappa shape index (κ1) is 24.2. The first-order valence-corrected chi connectivity index (χ1v) is 11.9. The third-order valence-corrected chi connectivity index (χ3v) is 6.93. The van der Waals surface area contributed by atoms with Gasteiger partial charge in [0.1, 0.15) is 23.5 Å². The van der Waals surface area contributed by atoms with Gasteiger partial charge in [0.15, 0.2) is 0 Å². The molecule has 2 atom stereocenters. The number of carboxylic acids is 1. The lowest BCUT2D eigenvalue weighted by molar-refractivity contribution is -0.152. The van der Waals surface area contributed by atoms with Crippen LogP contribution >= 0.6 is 0 Å². The van der Waals surface area contributed by atoms with Gasteiger partial charge < -0.3 is 25.0 Å². The van der Waals surface area contributed by atoms with Gasteiger partial charge in [0.2, 0.25) is 5.43 Å². The molecule has 0 bridgehead atoms. The number of pyridine rings is 1. The van der Waals surface area contributed by atoms with Gasteiger partial charge in [0, 0.05) is 49.1 Å². The van der Waals surface area contributed by atoms with Crippen molar-refractivity contribution in [2.24, 2.45) is 11.7 Å². The van der Waals surface area contributed by atoms with E-state index in [0.717, 1.165) is 5.56 Å². The molecule has 2 unspecified atom stereocenters. The third kappa shape index (κ3) is 4.41. The quantitative estimate of drug-likeness (QED) is 0.619. The number of nitrogens with two attached hydrogens (primary N) is 1. The number of halogens is 1. The van der Waals surface area contributed by atoms with Crippen LogP contribution in [0, 0.1) is 11.7 Å². The van der Waals surface area contributed by atoms with Crippen LogP contribution in [-0.4, -0.2) is 46.8 Å². The second-order valence-corrected chi connectivity index (χ2v) is 9.91. The van der Waals surface area contributed by atoms with Gasteiger partial charge in [-0.05, 0) is 38.2 Å². The fourth-order valence-corrected chi connectivity index (χ4v) is 5.18. The third-order valence-electron chi connectivity index (χ3n) is 6.93. The van der Waals surface area contributed by atoms with Crippen molar-refractivity contribution in [2.45, 2.75) is 71.1 Å². The number of benzene rings is 1. The summed E-state index contributed by atoms with van der Waals surface area (Å²) in [6, 6.07) is 0.524. The molecule has 0 amide bonds. The summed E-state index contributed by atoms with van der Waals surface area (Å²) in [6.07, 6.45) is 4.09. The van der Waals surface area contributed by atoms with E-state index in [0.29, 0.717) is 62.3 Å². The smallest absolute Gasteiger partial charge is 0.341 e. The summed E-state index contributed by atoms with van der Waals surface area (Å²) in [7, 11) is 0. The number of carbonyl (C=O) groups excluding carboxylic acids is 1. The highest BCUT2D eigenvalue weighted by Gasteiger charge is 2.31. The summed E-state index contributed by atoms with van der Waals surface area (Å²) in [4.78, 5) is 38.6. The van der Waals surface area contributed by atoms with E-state index in [4.69, 9.17) is 10.5 Å². The zero-order valence-electron chi connectivity index (χ0n) is 19.8. The van der Waals surface area contributed by atoms with Crippen LogP contribution < -0.4 is 16.1 Å². The van der Waals surface area contributed by atoms with Crippen LogP contribution in [0.4, 0.5) is 10.1 Å². The van der Waals surface area contributed by atoms with Crippen molar-refractivity contribution in [1.29, 1.82) is 0 Å². The first-order chi connectivity index (χ1) is 16.1. The van der Waals surface area contributed by atoms with Gasteiger partial charge in [-0.1, -0.05) is 13.8 Å². The Balaban J connectivity index is 1.61. The highest BCUT2D eigenvalue weighted by Crippen LogP contribution is 2.39. The Morgan fingerprint density at radius 3 is 2.56 bits per heavy atom. The van der Waals surface area contributed by atoms with Crippen molar-refractivity contribution >= 4 is 28.5 Å². The topological polar surface area (TPSA) is 115 Å². The lowest BCUT2D eigenvalue weighted by Gasteiger charge is -2.37. The molecule has 1 aromatic heterocycles. The number of anilines is 1. The van der Waals surface area contributed by atoms with E-state index in [2.05, 4.69) is 0 Å². The Bertz CT molecular complexity index is 1180. The number of aromatic carboxylic acids is 1. The first-order valence-electron chi connectivity index (χ1n) is 11.9. The number of esters is 1. The molecule has 8 nitrogen and oxygen atoms in total. The van der Waals surface area contributed by atoms with Crippen LogP contribution in [0.3, 0.4) is 0 Å². The van der Waals surface area contributed by atoms with E-state index < -0.39 is 29.2 Å². The summed E-state index contributed by atoms with van der Waals surface area (Å²) < 4.78 is 22.8. The van der Waals surface area contributed by atoms with Crippen molar-refractivity contribution < 1.29 is 23.8 Å². The SMILES string of the molecule is CC(C)CC(N)C(=O)OC1CCN(c2c(F)cc3c(=O)c(C(=O)O)cn4c3c2CCC4C)CC1. The number of hydrogen-bond acceptors (Lipinski definition) is 6. The Kier molecular flexibility index (Phi) is 6.66. The minimum atomic E-state index is -1.32. The highest BCUT2D eigenvalue weighted by molar-refractivity contribution is 5.95. The molecule has 1 fully saturated rings. The molecule has 0 radical (unpaired) electrons. The molecule has 0 aliphatic carbocycles. The van der Waals surface area contributed by atoms with Crippen LogP contribution in [0.1, 0.15) is 68.4 Å². The van der Waals surface area contributed by atoms with Crippen LogP contribution in [-0.2, 0) is 16.0 Å². The lowest BCUT2D eigenvalue weighted by atomic mass is 9.93. The van der Waals surface area contributed by atoms with Gasteiger partial charge in [0.25, 0.3) is 0 Å². The van der Waals surface area contributed by atoms with E-state index in [9.17, 15) is 19.5 Å². The van der Waals surface area contributed by atoms with E-state index in [1.54, 1.807) is 4.57 Å². The molecule has 2 aliphatic heterocycles. The molecule has 34 heavy (non-hydrogen) atoms. The summed E-state index contributed by atoms with van der Waals surface area (Å²) in [5.41, 5.74) is 6.72. The lowest BCUT2D eigenvalue weighted by Crippen LogP contribution is -2.42. The van der Waals surface area contributed by atoms with Gasteiger partial charge in [-0.3, -0.25) is 9.59 Å². The van der Waals surface area contributed by atoms with Crippen molar-refractivity contribution in [3.05, 3.63) is 39.4 Å². The number of hydrogen-bond donors (Lipinski definition) is 2. The number of nitrogens with zero attached hydrogens (tertiary/aromatic N) is 2. The van der Waals surface area contributed by atoms with Gasteiger partial charge in [0.05, 0.1) is 11.2 Å². The minimum absolute atomic E-state index is 0.00722. The summed E-state index contributed by atoms with van der Waals surface area (Å²) >= 11 is 0. The van der Waals surface area contributed by atoms with E-state index in [1.165, 1.54) is 12.3 Å². The molecule has 3 N–H and O–H groups in total. The number of carboxylic acid groups (broad SMARTS) is 1. The fourth-order valence-electron chi connectivity index (χ4n) is 5.18. The predicted octanol–water partition coefficient (Wildman–Crippen LogP) is 3.23. The summed E-state index contributed by atoms with van der Waals surface area (Å²) in [5, 5.41) is 9.55.